The van der Waals surface area contributed by atoms with Crippen molar-refractivity contribution in [3.05, 3.63) is 65.2 Å². The van der Waals surface area contributed by atoms with Gasteiger partial charge >= 0.3 is 0 Å². The quantitative estimate of drug-likeness (QED) is 0.805. The molecular weight excluding hydrogens is 275 g/mol. The van der Waals surface area contributed by atoms with Gasteiger partial charge in [0.25, 0.3) is 0 Å². The zero-order valence-electron chi connectivity index (χ0n) is 12.1. The van der Waals surface area contributed by atoms with Gasteiger partial charge in [-0.1, -0.05) is 24.0 Å². The topological polar surface area (TPSA) is 36.7 Å². The predicted molar refractivity (Wildman–Crippen MR) is 82.3 cm³/mol. The Labute approximate surface area is 129 Å². The van der Waals surface area contributed by atoms with Crippen molar-refractivity contribution in [2.24, 2.45) is 5.92 Å². The molecule has 2 aromatic rings. The second kappa shape index (κ2) is 6.41. The highest BCUT2D eigenvalue weighted by atomic mass is 19.1. The van der Waals surface area contributed by atoms with E-state index in [9.17, 15) is 9.65 Å². The number of nitriles is 1. The standard InChI is InChI=1S/C19H15FN2/c20-19-11-15(6-5-14-3-4-14)7-8-18(19)17(12-21)10-16-2-1-9-22-13-16/h1-2,7-9,11,13-14,17H,3-4,10H2. The van der Waals surface area contributed by atoms with Crippen LogP contribution in [0.1, 0.15) is 35.4 Å². The summed E-state index contributed by atoms with van der Waals surface area (Å²) in [4.78, 5) is 4.03. The van der Waals surface area contributed by atoms with Gasteiger partial charge in [0.1, 0.15) is 5.82 Å². The number of pyridine rings is 1. The molecule has 1 aromatic heterocycles. The lowest BCUT2D eigenvalue weighted by Gasteiger charge is -2.10. The number of nitrogens with zero attached hydrogens (tertiary/aromatic N) is 2. The van der Waals surface area contributed by atoms with Crippen LogP contribution in [0, 0.1) is 34.9 Å². The van der Waals surface area contributed by atoms with Crippen LogP contribution in [0.2, 0.25) is 0 Å². The highest BCUT2D eigenvalue weighted by Crippen LogP contribution is 2.28. The molecule has 0 bridgehead atoms. The second-order valence-corrected chi connectivity index (χ2v) is 5.53. The van der Waals surface area contributed by atoms with Crippen molar-refractivity contribution in [1.82, 2.24) is 4.98 Å². The second-order valence-electron chi connectivity index (χ2n) is 5.53. The molecule has 108 valence electrons. The van der Waals surface area contributed by atoms with Crippen LogP contribution >= 0.6 is 0 Å². The molecule has 0 N–H and O–H groups in total. The van der Waals surface area contributed by atoms with E-state index in [2.05, 4.69) is 22.9 Å². The van der Waals surface area contributed by atoms with E-state index in [1.165, 1.54) is 6.07 Å². The van der Waals surface area contributed by atoms with E-state index >= 15 is 0 Å². The minimum Gasteiger partial charge on any atom is -0.264 e. The van der Waals surface area contributed by atoms with Gasteiger partial charge in [-0.15, -0.1) is 0 Å². The molecule has 1 saturated carbocycles. The summed E-state index contributed by atoms with van der Waals surface area (Å²) >= 11 is 0. The van der Waals surface area contributed by atoms with Crippen molar-refractivity contribution in [1.29, 1.82) is 5.26 Å². The fourth-order valence-corrected chi connectivity index (χ4v) is 2.28. The molecule has 1 aliphatic rings. The monoisotopic (exact) mass is 290 g/mol. The van der Waals surface area contributed by atoms with Gasteiger partial charge in [0.2, 0.25) is 0 Å². The Hall–Kier alpha value is -2.65. The molecule has 3 heteroatoms. The van der Waals surface area contributed by atoms with Crippen LogP contribution in [0.25, 0.3) is 0 Å². The Morgan fingerprint density at radius 3 is 2.82 bits per heavy atom. The Balaban J connectivity index is 1.80. The molecule has 1 aliphatic carbocycles. The van der Waals surface area contributed by atoms with E-state index in [1.807, 2.05) is 12.1 Å². The summed E-state index contributed by atoms with van der Waals surface area (Å²) < 4.78 is 14.3. The zero-order chi connectivity index (χ0) is 15.4. The van der Waals surface area contributed by atoms with Crippen LogP contribution in [0.15, 0.2) is 42.7 Å². The molecule has 0 amide bonds. The first-order valence-corrected chi connectivity index (χ1v) is 7.36. The van der Waals surface area contributed by atoms with E-state index in [4.69, 9.17) is 0 Å². The van der Waals surface area contributed by atoms with Crippen molar-refractivity contribution < 1.29 is 4.39 Å². The van der Waals surface area contributed by atoms with E-state index in [1.54, 1.807) is 24.5 Å². The highest BCUT2D eigenvalue weighted by molar-refractivity contribution is 5.40. The largest absolute Gasteiger partial charge is 0.264 e. The maximum atomic E-state index is 14.3. The minimum absolute atomic E-state index is 0.363. The fraction of sp³-hybridized carbons (Fsp3) is 0.263. The van der Waals surface area contributed by atoms with E-state index in [-0.39, 0.29) is 5.82 Å². The first kappa shape index (κ1) is 14.3. The van der Waals surface area contributed by atoms with Crippen LogP contribution in [-0.2, 0) is 6.42 Å². The number of halogens is 1. The Morgan fingerprint density at radius 2 is 2.18 bits per heavy atom. The lowest BCUT2D eigenvalue weighted by molar-refractivity contribution is 0.599. The lowest BCUT2D eigenvalue weighted by atomic mass is 9.93. The fourth-order valence-electron chi connectivity index (χ4n) is 2.28. The molecule has 2 nitrogen and oxygen atoms in total. The van der Waals surface area contributed by atoms with Gasteiger partial charge in [-0.05, 0) is 43.0 Å². The van der Waals surface area contributed by atoms with E-state index in [0.29, 0.717) is 23.5 Å². The van der Waals surface area contributed by atoms with E-state index < -0.39 is 5.92 Å². The number of hydrogen-bond donors (Lipinski definition) is 0. The molecule has 0 aliphatic heterocycles. The molecule has 3 rings (SSSR count). The van der Waals surface area contributed by atoms with Gasteiger partial charge < -0.3 is 0 Å². The average Bonchev–Trinajstić information content (AvgIpc) is 3.36. The third-order valence-corrected chi connectivity index (χ3v) is 3.69. The molecule has 0 radical (unpaired) electrons. The molecule has 1 aromatic carbocycles. The maximum Gasteiger partial charge on any atom is 0.128 e. The molecule has 1 heterocycles. The smallest absolute Gasteiger partial charge is 0.128 e. The van der Waals surface area contributed by atoms with Crippen LogP contribution in [0.3, 0.4) is 0 Å². The van der Waals surface area contributed by atoms with Crippen molar-refractivity contribution in [3.8, 4) is 17.9 Å². The van der Waals surface area contributed by atoms with Crippen LogP contribution < -0.4 is 0 Å². The van der Waals surface area contributed by atoms with Gasteiger partial charge in [0.15, 0.2) is 0 Å². The number of aromatic nitrogens is 1. The van der Waals surface area contributed by atoms with Crippen LogP contribution in [-0.4, -0.2) is 4.98 Å². The molecule has 1 atom stereocenters. The Morgan fingerprint density at radius 1 is 1.32 bits per heavy atom. The normalized spacial score (nSPS) is 14.5. The van der Waals surface area contributed by atoms with Gasteiger partial charge in [0, 0.05) is 29.4 Å². The molecule has 0 spiro atoms. The zero-order valence-corrected chi connectivity index (χ0v) is 12.1. The van der Waals surface area contributed by atoms with Crippen LogP contribution in [0.4, 0.5) is 4.39 Å². The van der Waals surface area contributed by atoms with E-state index in [0.717, 1.165) is 18.4 Å². The lowest BCUT2D eigenvalue weighted by Crippen LogP contribution is -2.04. The van der Waals surface area contributed by atoms with Crippen molar-refractivity contribution in [2.45, 2.75) is 25.2 Å². The summed E-state index contributed by atoms with van der Waals surface area (Å²) in [7, 11) is 0. The van der Waals surface area contributed by atoms with Gasteiger partial charge in [-0.2, -0.15) is 5.26 Å². The SMILES string of the molecule is N#CC(Cc1cccnc1)c1ccc(C#CC2CC2)cc1F. The number of benzene rings is 1. The van der Waals surface area contributed by atoms with Crippen molar-refractivity contribution in [2.75, 3.05) is 0 Å². The third kappa shape index (κ3) is 3.51. The van der Waals surface area contributed by atoms with Crippen molar-refractivity contribution in [3.63, 3.8) is 0 Å². The molecule has 22 heavy (non-hydrogen) atoms. The number of rotatable bonds is 3. The van der Waals surface area contributed by atoms with Gasteiger partial charge in [-0.25, -0.2) is 4.39 Å². The highest BCUT2D eigenvalue weighted by Gasteiger charge is 2.18. The Kier molecular flexibility index (Phi) is 4.17. The average molecular weight is 290 g/mol. The molecule has 1 unspecified atom stereocenters. The molecule has 1 fully saturated rings. The van der Waals surface area contributed by atoms with Gasteiger partial charge in [-0.3, -0.25) is 4.98 Å². The number of hydrogen-bond acceptors (Lipinski definition) is 2. The summed E-state index contributed by atoms with van der Waals surface area (Å²) in [5.74, 6) is 5.72. The first-order valence-electron chi connectivity index (χ1n) is 7.36. The Bertz CT molecular complexity index is 762. The summed E-state index contributed by atoms with van der Waals surface area (Å²) in [6.45, 7) is 0. The van der Waals surface area contributed by atoms with Crippen LogP contribution in [0.5, 0.6) is 0 Å². The first-order chi connectivity index (χ1) is 10.8. The summed E-state index contributed by atoms with van der Waals surface area (Å²) in [6, 6.07) is 10.8. The third-order valence-electron chi connectivity index (χ3n) is 3.69. The molecule has 0 saturated heterocycles. The summed E-state index contributed by atoms with van der Waals surface area (Å²) in [6.07, 6.45) is 6.13. The van der Waals surface area contributed by atoms with Crippen molar-refractivity contribution >= 4 is 0 Å². The molecular formula is C19H15FN2. The summed E-state index contributed by atoms with van der Waals surface area (Å²) in [5, 5.41) is 9.35. The minimum atomic E-state index is -0.519. The predicted octanol–water partition coefficient (Wildman–Crippen LogP) is 3.83. The summed E-state index contributed by atoms with van der Waals surface area (Å²) in [5.41, 5.74) is 2.01. The van der Waals surface area contributed by atoms with Gasteiger partial charge in [0.05, 0.1) is 12.0 Å². The maximum absolute atomic E-state index is 14.3.